The van der Waals surface area contributed by atoms with Crippen molar-refractivity contribution < 1.29 is 15.0 Å². The van der Waals surface area contributed by atoms with Gasteiger partial charge in [-0.2, -0.15) is 4.99 Å². The first-order chi connectivity index (χ1) is 10.9. The summed E-state index contributed by atoms with van der Waals surface area (Å²) < 4.78 is 0. The fourth-order valence-electron chi connectivity index (χ4n) is 2.14. The molecule has 0 atom stereocenters. The number of rotatable bonds is 3. The van der Waals surface area contributed by atoms with E-state index in [0.717, 1.165) is 11.1 Å². The molecule has 2 aromatic carbocycles. The molecule has 0 saturated carbocycles. The Balaban J connectivity index is 2.50. The number of phenolic OH excluding ortho intramolecular Hbond substituents is 2. The highest BCUT2D eigenvalue weighted by Gasteiger charge is 2.08. The number of nitrogens with two attached hydrogens (primary N) is 2. The fourth-order valence-corrected chi connectivity index (χ4v) is 2.14. The Kier molecular flexibility index (Phi) is 4.66. The molecule has 0 spiro atoms. The van der Waals surface area contributed by atoms with E-state index in [9.17, 15) is 15.0 Å². The summed E-state index contributed by atoms with van der Waals surface area (Å²) in [5.74, 6) is -0.924. The van der Waals surface area contributed by atoms with Crippen molar-refractivity contribution in [3.63, 3.8) is 0 Å². The number of aromatic hydroxyl groups is 2. The Morgan fingerprint density at radius 1 is 1.09 bits per heavy atom. The van der Waals surface area contributed by atoms with Crippen molar-refractivity contribution in [3.8, 4) is 22.6 Å². The van der Waals surface area contributed by atoms with Gasteiger partial charge in [0, 0.05) is 11.6 Å². The van der Waals surface area contributed by atoms with E-state index in [1.54, 1.807) is 13.0 Å². The summed E-state index contributed by atoms with van der Waals surface area (Å²) >= 11 is 0. The van der Waals surface area contributed by atoms with E-state index in [2.05, 4.69) is 4.99 Å². The van der Waals surface area contributed by atoms with E-state index in [1.807, 2.05) is 24.3 Å². The molecule has 0 fully saturated rings. The Morgan fingerprint density at radius 2 is 1.70 bits per heavy atom. The summed E-state index contributed by atoms with van der Waals surface area (Å²) in [4.78, 5) is 15.3. The summed E-state index contributed by atoms with van der Waals surface area (Å²) in [5.41, 5.74) is 12.9. The summed E-state index contributed by atoms with van der Waals surface area (Å²) in [6.45, 7) is 1.60. The average Bonchev–Trinajstić information content (AvgIpc) is 2.46. The molecule has 0 aliphatic carbocycles. The van der Waals surface area contributed by atoms with Crippen LogP contribution in [-0.2, 0) is 4.79 Å². The second-order valence-electron chi connectivity index (χ2n) is 4.99. The van der Waals surface area contributed by atoms with Gasteiger partial charge in [0.05, 0.1) is 0 Å². The molecular formula is C17H17N3O3. The molecule has 0 aliphatic heterocycles. The first-order valence-electron chi connectivity index (χ1n) is 6.81. The number of phenols is 2. The molecule has 2 rings (SSSR count). The van der Waals surface area contributed by atoms with Gasteiger partial charge in [0.2, 0.25) is 0 Å². The van der Waals surface area contributed by atoms with Gasteiger partial charge in [-0.05, 0) is 41.8 Å². The predicted octanol–water partition coefficient (Wildman–Crippen LogP) is 1.97. The van der Waals surface area contributed by atoms with E-state index in [1.165, 1.54) is 18.2 Å². The smallest absolute Gasteiger partial charge is 0.275 e. The third-order valence-corrected chi connectivity index (χ3v) is 3.11. The lowest BCUT2D eigenvalue weighted by molar-refractivity contribution is -0.114. The van der Waals surface area contributed by atoms with Gasteiger partial charge in [-0.1, -0.05) is 24.3 Å². The maximum absolute atomic E-state index is 11.8. The molecule has 0 aromatic heterocycles. The number of guanidine groups is 1. The van der Waals surface area contributed by atoms with Crippen molar-refractivity contribution in [3.05, 3.63) is 53.6 Å². The Hall–Kier alpha value is -3.28. The van der Waals surface area contributed by atoms with Crippen LogP contribution < -0.4 is 11.5 Å². The quantitative estimate of drug-likeness (QED) is 0.392. The monoisotopic (exact) mass is 311 g/mol. The summed E-state index contributed by atoms with van der Waals surface area (Å²) in [7, 11) is 0. The summed E-state index contributed by atoms with van der Waals surface area (Å²) in [6, 6.07) is 11.6. The molecule has 0 bridgehead atoms. The zero-order chi connectivity index (χ0) is 17.0. The molecule has 1 amide bonds. The first kappa shape index (κ1) is 16.1. The molecular weight excluding hydrogens is 294 g/mol. The van der Waals surface area contributed by atoms with E-state index < -0.39 is 5.91 Å². The number of nitrogens with zero attached hydrogens (tertiary/aromatic N) is 1. The fraction of sp³-hybridized carbons (Fsp3) is 0.0588. The molecule has 23 heavy (non-hydrogen) atoms. The largest absolute Gasteiger partial charge is 0.508 e. The van der Waals surface area contributed by atoms with Crippen LogP contribution >= 0.6 is 0 Å². The van der Waals surface area contributed by atoms with Crippen LogP contribution in [0, 0.1) is 0 Å². The molecule has 6 N–H and O–H groups in total. The number of hydrogen-bond donors (Lipinski definition) is 4. The summed E-state index contributed by atoms with van der Waals surface area (Å²) in [6.07, 6.45) is 1.64. The van der Waals surface area contributed by atoms with E-state index >= 15 is 0 Å². The zero-order valence-corrected chi connectivity index (χ0v) is 12.5. The van der Waals surface area contributed by atoms with Gasteiger partial charge in [0.1, 0.15) is 11.5 Å². The number of aliphatic imine (C=N–C) groups is 1. The molecule has 0 aliphatic rings. The van der Waals surface area contributed by atoms with Gasteiger partial charge in [0.25, 0.3) is 5.91 Å². The van der Waals surface area contributed by atoms with Crippen molar-refractivity contribution in [2.45, 2.75) is 6.92 Å². The topological polar surface area (TPSA) is 122 Å². The lowest BCUT2D eigenvalue weighted by Gasteiger charge is -2.08. The summed E-state index contributed by atoms with van der Waals surface area (Å²) in [5, 5.41) is 19.3. The van der Waals surface area contributed by atoms with Crippen LogP contribution in [0.1, 0.15) is 12.5 Å². The highest BCUT2D eigenvalue weighted by Crippen LogP contribution is 2.31. The third-order valence-electron chi connectivity index (χ3n) is 3.11. The predicted molar refractivity (Wildman–Crippen MR) is 89.7 cm³/mol. The average molecular weight is 311 g/mol. The van der Waals surface area contributed by atoms with Crippen LogP contribution in [0.3, 0.4) is 0 Å². The number of hydrogen-bond acceptors (Lipinski definition) is 3. The van der Waals surface area contributed by atoms with Crippen LogP contribution in [0.25, 0.3) is 17.2 Å². The highest BCUT2D eigenvalue weighted by molar-refractivity contribution is 6.04. The second kappa shape index (κ2) is 6.65. The normalized spacial score (nSPS) is 11.1. The van der Waals surface area contributed by atoms with Gasteiger partial charge in [-0.15, -0.1) is 0 Å². The molecule has 0 radical (unpaired) electrons. The van der Waals surface area contributed by atoms with E-state index in [-0.39, 0.29) is 17.5 Å². The van der Waals surface area contributed by atoms with Crippen LogP contribution in [0.15, 0.2) is 53.0 Å². The van der Waals surface area contributed by atoms with Crippen molar-refractivity contribution in [2.75, 3.05) is 0 Å². The van der Waals surface area contributed by atoms with Gasteiger partial charge in [0.15, 0.2) is 5.96 Å². The minimum atomic E-state index is -0.529. The van der Waals surface area contributed by atoms with E-state index in [0.29, 0.717) is 11.1 Å². The molecule has 118 valence electrons. The molecule has 2 aromatic rings. The van der Waals surface area contributed by atoms with Crippen molar-refractivity contribution in [1.29, 1.82) is 0 Å². The van der Waals surface area contributed by atoms with Gasteiger partial charge < -0.3 is 21.7 Å². The zero-order valence-electron chi connectivity index (χ0n) is 12.5. The molecule has 6 heteroatoms. The van der Waals surface area contributed by atoms with Gasteiger partial charge in [-0.25, -0.2) is 0 Å². The molecule has 6 nitrogen and oxygen atoms in total. The lowest BCUT2D eigenvalue weighted by Crippen LogP contribution is -2.24. The van der Waals surface area contributed by atoms with E-state index in [4.69, 9.17) is 11.5 Å². The van der Waals surface area contributed by atoms with Gasteiger partial charge >= 0.3 is 0 Å². The maximum Gasteiger partial charge on any atom is 0.275 e. The number of amides is 1. The van der Waals surface area contributed by atoms with Gasteiger partial charge in [-0.3, -0.25) is 4.79 Å². The Morgan fingerprint density at radius 3 is 2.30 bits per heavy atom. The number of carbonyl (C=O) groups is 1. The minimum absolute atomic E-state index is 0.0490. The highest BCUT2D eigenvalue weighted by atomic mass is 16.3. The molecule has 0 unspecified atom stereocenters. The second-order valence-corrected chi connectivity index (χ2v) is 4.99. The maximum atomic E-state index is 11.8. The number of carbonyl (C=O) groups excluding carboxylic acids is 1. The SMILES string of the molecule is CC(=Cc1ccccc1-c1cc(O)cc(O)c1)C(=O)N=C(N)N. The van der Waals surface area contributed by atoms with Crippen LogP contribution in [0.4, 0.5) is 0 Å². The Bertz CT molecular complexity index is 786. The Labute approximate surface area is 133 Å². The van der Waals surface area contributed by atoms with Crippen molar-refractivity contribution >= 4 is 17.9 Å². The molecule has 0 saturated heterocycles. The van der Waals surface area contributed by atoms with Crippen molar-refractivity contribution in [1.82, 2.24) is 0 Å². The van der Waals surface area contributed by atoms with Crippen LogP contribution in [-0.4, -0.2) is 22.1 Å². The lowest BCUT2D eigenvalue weighted by atomic mass is 9.97. The molecule has 0 heterocycles. The number of benzene rings is 2. The van der Waals surface area contributed by atoms with Crippen LogP contribution in [0.5, 0.6) is 11.5 Å². The minimum Gasteiger partial charge on any atom is -0.508 e. The third kappa shape index (κ3) is 4.10. The first-order valence-corrected chi connectivity index (χ1v) is 6.81. The standard InChI is InChI=1S/C17H17N3O3/c1-10(16(23)20-17(18)19)6-11-4-2-3-5-15(11)12-7-13(21)9-14(22)8-12/h2-9,21-22H,1H3,(H4,18,19,20,23). The van der Waals surface area contributed by atoms with Crippen LogP contribution in [0.2, 0.25) is 0 Å². The van der Waals surface area contributed by atoms with Crippen molar-refractivity contribution in [2.24, 2.45) is 16.5 Å².